The Kier molecular flexibility index (Phi) is 5.25. The second kappa shape index (κ2) is 7.46. The van der Waals surface area contributed by atoms with E-state index in [4.69, 9.17) is 9.84 Å². The monoisotopic (exact) mass is 383 g/mol. The normalized spacial score (nSPS) is 19.9. The van der Waals surface area contributed by atoms with Crippen molar-refractivity contribution in [2.45, 2.75) is 24.7 Å². The Balaban J connectivity index is 1.69. The average Bonchev–Trinajstić information content (AvgIpc) is 3.04. The van der Waals surface area contributed by atoms with Gasteiger partial charge in [0.2, 0.25) is 0 Å². The molecular formula is C19H17F4NO3. The zero-order valence-corrected chi connectivity index (χ0v) is 14.1. The Bertz CT molecular complexity index is 790. The molecule has 144 valence electrons. The van der Waals surface area contributed by atoms with Gasteiger partial charge in [-0.2, -0.15) is 13.2 Å². The summed E-state index contributed by atoms with van der Waals surface area (Å²) in [6.45, 7) is -0.268. The van der Waals surface area contributed by atoms with Crippen LogP contribution in [0.25, 0.3) is 0 Å². The van der Waals surface area contributed by atoms with Crippen molar-refractivity contribution in [3.05, 3.63) is 59.7 Å². The van der Waals surface area contributed by atoms with Crippen LogP contribution in [0.2, 0.25) is 0 Å². The molecule has 1 heterocycles. The van der Waals surface area contributed by atoms with Crippen LogP contribution in [-0.4, -0.2) is 36.4 Å². The van der Waals surface area contributed by atoms with Gasteiger partial charge in [0, 0.05) is 12.1 Å². The summed E-state index contributed by atoms with van der Waals surface area (Å²) in [7, 11) is 0. The first kappa shape index (κ1) is 19.0. The summed E-state index contributed by atoms with van der Waals surface area (Å²) < 4.78 is 57.0. The van der Waals surface area contributed by atoms with E-state index in [1.807, 2.05) is 0 Å². The first-order chi connectivity index (χ1) is 12.8. The van der Waals surface area contributed by atoms with Crippen molar-refractivity contribution in [1.82, 2.24) is 0 Å². The third-order valence-corrected chi connectivity index (χ3v) is 4.48. The smallest absolute Gasteiger partial charge is 0.416 e. The van der Waals surface area contributed by atoms with Crippen molar-refractivity contribution in [3.8, 4) is 5.75 Å². The Morgan fingerprint density at radius 2 is 1.74 bits per heavy atom. The number of carboxylic acids is 1. The van der Waals surface area contributed by atoms with Crippen LogP contribution in [0.5, 0.6) is 5.75 Å². The first-order valence-corrected chi connectivity index (χ1v) is 8.28. The van der Waals surface area contributed by atoms with Gasteiger partial charge in [-0.1, -0.05) is 0 Å². The van der Waals surface area contributed by atoms with Gasteiger partial charge < -0.3 is 14.7 Å². The third-order valence-electron chi connectivity index (χ3n) is 4.48. The van der Waals surface area contributed by atoms with E-state index in [9.17, 15) is 22.4 Å². The second-order valence-corrected chi connectivity index (χ2v) is 6.31. The summed E-state index contributed by atoms with van der Waals surface area (Å²) in [6, 6.07) is 10.0. The molecule has 2 aromatic carbocycles. The van der Waals surface area contributed by atoms with E-state index in [0.717, 1.165) is 12.1 Å². The second-order valence-electron chi connectivity index (χ2n) is 6.31. The maximum atomic E-state index is 13.4. The predicted octanol–water partition coefficient (Wildman–Crippen LogP) is 4.40. The number of carboxylic acid groups (broad SMARTS) is 1. The van der Waals surface area contributed by atoms with Gasteiger partial charge in [0.05, 0.1) is 23.7 Å². The minimum atomic E-state index is -4.41. The molecule has 1 fully saturated rings. The third kappa shape index (κ3) is 4.32. The molecule has 0 saturated carbocycles. The lowest BCUT2D eigenvalue weighted by molar-refractivity contribution is -0.137. The van der Waals surface area contributed by atoms with E-state index in [2.05, 4.69) is 0 Å². The molecule has 8 heteroatoms. The van der Waals surface area contributed by atoms with Crippen molar-refractivity contribution in [2.75, 3.05) is 18.1 Å². The number of rotatable bonds is 5. The number of alkyl halides is 4. The number of halogens is 4. The molecule has 4 nitrogen and oxygen atoms in total. The largest absolute Gasteiger partial charge is 0.489 e. The molecule has 0 amide bonds. The Morgan fingerprint density at radius 1 is 1.11 bits per heavy atom. The van der Waals surface area contributed by atoms with E-state index >= 15 is 0 Å². The predicted molar refractivity (Wildman–Crippen MR) is 91.0 cm³/mol. The van der Waals surface area contributed by atoms with Gasteiger partial charge >= 0.3 is 12.1 Å². The number of benzene rings is 2. The summed E-state index contributed by atoms with van der Waals surface area (Å²) in [4.78, 5) is 12.7. The Labute approximate surface area is 153 Å². The lowest BCUT2D eigenvalue weighted by atomic mass is 10.1. The van der Waals surface area contributed by atoms with Crippen molar-refractivity contribution in [1.29, 1.82) is 0 Å². The molecular weight excluding hydrogens is 366 g/mol. The van der Waals surface area contributed by atoms with Gasteiger partial charge in [-0.3, -0.25) is 0 Å². The lowest BCUT2D eigenvalue weighted by Crippen LogP contribution is -2.31. The molecule has 1 aliphatic heterocycles. The molecule has 0 aromatic heterocycles. The van der Waals surface area contributed by atoms with Crippen LogP contribution < -0.4 is 9.64 Å². The van der Waals surface area contributed by atoms with Gasteiger partial charge in [0.15, 0.2) is 0 Å². The molecule has 27 heavy (non-hydrogen) atoms. The minimum absolute atomic E-state index is 0.132. The SMILES string of the molecule is O=C(O)c1ccc(N2C[C@H](Oc3ccc(C(F)(F)F)cc3)C[C@H]2CF)cc1. The molecule has 0 aliphatic carbocycles. The summed E-state index contributed by atoms with van der Waals surface area (Å²) in [6.07, 6.45) is -4.43. The van der Waals surface area contributed by atoms with E-state index in [-0.39, 0.29) is 17.4 Å². The number of hydrogen-bond donors (Lipinski definition) is 1. The number of ether oxygens (including phenoxy) is 1. The van der Waals surface area contributed by atoms with Crippen LogP contribution in [0, 0.1) is 0 Å². The highest BCUT2D eigenvalue weighted by Gasteiger charge is 2.34. The molecule has 2 aromatic rings. The number of carbonyl (C=O) groups is 1. The number of hydrogen-bond acceptors (Lipinski definition) is 3. The van der Waals surface area contributed by atoms with Crippen LogP contribution in [0.1, 0.15) is 22.3 Å². The molecule has 0 bridgehead atoms. The number of anilines is 1. The van der Waals surface area contributed by atoms with Crippen LogP contribution in [0.3, 0.4) is 0 Å². The molecule has 1 N–H and O–H groups in total. The van der Waals surface area contributed by atoms with Crippen LogP contribution >= 0.6 is 0 Å². The van der Waals surface area contributed by atoms with Gasteiger partial charge in [-0.05, 0) is 48.5 Å². The zero-order valence-electron chi connectivity index (χ0n) is 14.1. The van der Waals surface area contributed by atoms with Crippen LogP contribution in [0.15, 0.2) is 48.5 Å². The molecule has 0 spiro atoms. The summed E-state index contributed by atoms with van der Waals surface area (Å²) in [5, 5.41) is 8.95. The topological polar surface area (TPSA) is 49.8 Å². The molecule has 3 rings (SSSR count). The van der Waals surface area contributed by atoms with Crippen LogP contribution in [-0.2, 0) is 6.18 Å². The quantitative estimate of drug-likeness (QED) is 0.778. The highest BCUT2D eigenvalue weighted by molar-refractivity contribution is 5.88. The summed E-state index contributed by atoms with van der Waals surface area (Å²) >= 11 is 0. The maximum absolute atomic E-state index is 13.4. The van der Waals surface area contributed by atoms with Gasteiger partial charge in [0.1, 0.15) is 18.5 Å². The van der Waals surface area contributed by atoms with E-state index in [1.54, 1.807) is 17.0 Å². The molecule has 1 saturated heterocycles. The fraction of sp³-hybridized carbons (Fsp3) is 0.316. The fourth-order valence-electron chi connectivity index (χ4n) is 3.13. The maximum Gasteiger partial charge on any atom is 0.416 e. The summed E-state index contributed by atoms with van der Waals surface area (Å²) in [5.41, 5.74) is 0.0384. The van der Waals surface area contributed by atoms with Crippen LogP contribution in [0.4, 0.5) is 23.2 Å². The first-order valence-electron chi connectivity index (χ1n) is 8.28. The van der Waals surface area contributed by atoms with E-state index < -0.39 is 30.4 Å². The van der Waals surface area contributed by atoms with Gasteiger partial charge in [-0.25, -0.2) is 9.18 Å². The number of nitrogens with zero attached hydrogens (tertiary/aromatic N) is 1. The standard InChI is InChI=1S/C19H17F4NO3/c20-10-15-9-17(27-16-7-3-13(4-8-16)19(21,22)23)11-24(15)14-5-1-12(2-6-14)18(25)26/h1-8,15,17H,9-11H2,(H,25,26)/t15-,17+/m0/s1. The molecule has 1 aliphatic rings. The van der Waals surface area contributed by atoms with E-state index in [0.29, 0.717) is 18.7 Å². The number of aromatic carboxylic acids is 1. The van der Waals surface area contributed by atoms with Gasteiger partial charge in [-0.15, -0.1) is 0 Å². The Morgan fingerprint density at radius 3 is 2.26 bits per heavy atom. The highest BCUT2D eigenvalue weighted by atomic mass is 19.4. The Hall–Kier alpha value is -2.77. The minimum Gasteiger partial charge on any atom is -0.489 e. The molecule has 0 radical (unpaired) electrons. The lowest BCUT2D eigenvalue weighted by Gasteiger charge is -2.24. The fourth-order valence-corrected chi connectivity index (χ4v) is 3.13. The average molecular weight is 383 g/mol. The van der Waals surface area contributed by atoms with Crippen molar-refractivity contribution >= 4 is 11.7 Å². The van der Waals surface area contributed by atoms with Crippen molar-refractivity contribution in [2.24, 2.45) is 0 Å². The molecule has 0 unspecified atom stereocenters. The highest BCUT2D eigenvalue weighted by Crippen LogP contribution is 2.32. The van der Waals surface area contributed by atoms with E-state index in [1.165, 1.54) is 24.3 Å². The summed E-state index contributed by atoms with van der Waals surface area (Å²) in [5.74, 6) is -0.762. The van der Waals surface area contributed by atoms with Crippen molar-refractivity contribution in [3.63, 3.8) is 0 Å². The van der Waals surface area contributed by atoms with Crippen molar-refractivity contribution < 1.29 is 32.2 Å². The molecule has 2 atom stereocenters. The zero-order chi connectivity index (χ0) is 19.6. The van der Waals surface area contributed by atoms with Gasteiger partial charge in [0.25, 0.3) is 0 Å².